The van der Waals surface area contributed by atoms with Gasteiger partial charge >= 0.3 is 0 Å². The molecule has 1 aliphatic carbocycles. The quantitative estimate of drug-likeness (QED) is 0.687. The third-order valence-electron chi connectivity index (χ3n) is 4.48. The fraction of sp³-hybridized carbons (Fsp3) is 1.00. The number of hydrogen-bond acceptors (Lipinski definition) is 1. The molecule has 2 atom stereocenters. The lowest BCUT2D eigenvalue weighted by Gasteiger charge is -2.36. The highest BCUT2D eigenvalue weighted by Gasteiger charge is 2.55. The maximum Gasteiger partial charge on any atom is 0.00435 e. The zero-order valence-corrected chi connectivity index (χ0v) is 10.9. The van der Waals surface area contributed by atoms with E-state index in [9.17, 15) is 0 Å². The van der Waals surface area contributed by atoms with E-state index in [2.05, 4.69) is 32.6 Å². The summed E-state index contributed by atoms with van der Waals surface area (Å²) in [5.74, 6) is 1.95. The molecule has 2 aliphatic rings. The average molecular weight is 209 g/mol. The second-order valence-corrected chi connectivity index (χ2v) is 6.56. The Morgan fingerprint density at radius 1 is 1.27 bits per heavy atom. The van der Waals surface area contributed by atoms with Crippen molar-refractivity contribution in [3.05, 3.63) is 0 Å². The molecule has 0 radical (unpaired) electrons. The Morgan fingerprint density at radius 3 is 2.60 bits per heavy atom. The fourth-order valence-electron chi connectivity index (χ4n) is 3.47. The number of hydrogen-bond donors (Lipinski definition) is 0. The van der Waals surface area contributed by atoms with Gasteiger partial charge in [-0.1, -0.05) is 13.8 Å². The standard InChI is InChI=1S/C14H27N/c1-11(2)8-13-9-14(13)6-5-7-15(10-14)12(3)4/h11-13H,5-10H2,1-4H3/t13?,14-/m1/s1. The van der Waals surface area contributed by atoms with Crippen molar-refractivity contribution in [3.8, 4) is 0 Å². The van der Waals surface area contributed by atoms with Crippen LogP contribution < -0.4 is 0 Å². The van der Waals surface area contributed by atoms with Gasteiger partial charge in [0.05, 0.1) is 0 Å². The van der Waals surface area contributed by atoms with E-state index in [1.54, 1.807) is 0 Å². The first-order valence-electron chi connectivity index (χ1n) is 6.77. The lowest BCUT2D eigenvalue weighted by Crippen LogP contribution is -2.41. The molecule has 2 fully saturated rings. The van der Waals surface area contributed by atoms with Crippen molar-refractivity contribution in [2.75, 3.05) is 13.1 Å². The highest BCUT2D eigenvalue weighted by Crippen LogP contribution is 2.60. The summed E-state index contributed by atoms with van der Waals surface area (Å²) in [7, 11) is 0. The minimum absolute atomic E-state index is 0.752. The molecule has 1 unspecified atom stereocenters. The molecule has 1 spiro atoms. The molecule has 0 aromatic carbocycles. The van der Waals surface area contributed by atoms with Crippen molar-refractivity contribution < 1.29 is 0 Å². The van der Waals surface area contributed by atoms with Gasteiger partial charge in [-0.25, -0.2) is 0 Å². The molecule has 1 heterocycles. The van der Waals surface area contributed by atoms with Gasteiger partial charge in [0, 0.05) is 12.6 Å². The summed E-state index contributed by atoms with van der Waals surface area (Å²) in [6.45, 7) is 12.2. The van der Waals surface area contributed by atoms with E-state index in [0.717, 1.165) is 23.3 Å². The molecular formula is C14H27N. The van der Waals surface area contributed by atoms with Crippen molar-refractivity contribution in [2.24, 2.45) is 17.3 Å². The van der Waals surface area contributed by atoms with Crippen LogP contribution in [-0.2, 0) is 0 Å². The van der Waals surface area contributed by atoms with Crippen LogP contribution in [0.5, 0.6) is 0 Å². The van der Waals surface area contributed by atoms with Gasteiger partial charge in [0.25, 0.3) is 0 Å². The molecule has 0 aromatic rings. The molecule has 1 saturated heterocycles. The van der Waals surface area contributed by atoms with Gasteiger partial charge in [0.15, 0.2) is 0 Å². The van der Waals surface area contributed by atoms with E-state index in [4.69, 9.17) is 0 Å². The maximum atomic E-state index is 2.70. The molecule has 1 heteroatoms. The second-order valence-electron chi connectivity index (χ2n) is 6.56. The van der Waals surface area contributed by atoms with Crippen LogP contribution in [0.1, 0.15) is 53.4 Å². The van der Waals surface area contributed by atoms with Crippen molar-refractivity contribution >= 4 is 0 Å². The Balaban J connectivity index is 1.89. The van der Waals surface area contributed by atoms with Crippen molar-refractivity contribution in [1.82, 2.24) is 4.90 Å². The molecule has 1 saturated carbocycles. The molecule has 0 bridgehead atoms. The van der Waals surface area contributed by atoms with Crippen LogP contribution in [0, 0.1) is 17.3 Å². The molecule has 88 valence electrons. The van der Waals surface area contributed by atoms with E-state index in [0.29, 0.717) is 0 Å². The molecular weight excluding hydrogens is 182 g/mol. The SMILES string of the molecule is CC(C)CC1C[C@@]12CCCN(C(C)C)C2. The number of piperidine rings is 1. The van der Waals surface area contributed by atoms with Gasteiger partial charge < -0.3 is 4.90 Å². The third kappa shape index (κ3) is 2.38. The Bertz CT molecular complexity index is 221. The maximum absolute atomic E-state index is 2.70. The van der Waals surface area contributed by atoms with Crippen LogP contribution in [0.2, 0.25) is 0 Å². The topological polar surface area (TPSA) is 3.24 Å². The Labute approximate surface area is 95.2 Å². The highest BCUT2D eigenvalue weighted by molar-refractivity contribution is 5.06. The molecule has 1 nitrogen and oxygen atoms in total. The molecule has 15 heavy (non-hydrogen) atoms. The molecule has 0 aromatic heterocycles. The molecule has 2 rings (SSSR count). The predicted octanol–water partition coefficient (Wildman–Crippen LogP) is 3.54. The lowest BCUT2D eigenvalue weighted by atomic mass is 9.89. The van der Waals surface area contributed by atoms with Crippen molar-refractivity contribution in [3.63, 3.8) is 0 Å². The summed E-state index contributed by atoms with van der Waals surface area (Å²) in [6.07, 6.45) is 5.93. The first-order chi connectivity index (χ1) is 7.03. The summed E-state index contributed by atoms with van der Waals surface area (Å²) < 4.78 is 0. The summed E-state index contributed by atoms with van der Waals surface area (Å²) in [6, 6.07) is 0.752. The predicted molar refractivity (Wildman–Crippen MR) is 65.9 cm³/mol. The lowest BCUT2D eigenvalue weighted by molar-refractivity contribution is 0.117. The van der Waals surface area contributed by atoms with E-state index in [1.807, 2.05) is 0 Å². The van der Waals surface area contributed by atoms with Crippen LogP contribution in [-0.4, -0.2) is 24.0 Å². The van der Waals surface area contributed by atoms with E-state index in [-0.39, 0.29) is 0 Å². The van der Waals surface area contributed by atoms with Gasteiger partial charge in [-0.3, -0.25) is 0 Å². The largest absolute Gasteiger partial charge is 0.300 e. The van der Waals surface area contributed by atoms with E-state index in [1.165, 1.54) is 38.8 Å². The minimum Gasteiger partial charge on any atom is -0.300 e. The average Bonchev–Trinajstić information content (AvgIpc) is 2.76. The fourth-order valence-corrected chi connectivity index (χ4v) is 3.47. The Kier molecular flexibility index (Phi) is 3.12. The highest BCUT2D eigenvalue weighted by atomic mass is 15.2. The third-order valence-corrected chi connectivity index (χ3v) is 4.48. The molecule has 0 N–H and O–H groups in total. The van der Waals surface area contributed by atoms with E-state index >= 15 is 0 Å². The summed E-state index contributed by atoms with van der Waals surface area (Å²) in [5, 5.41) is 0. The second kappa shape index (κ2) is 4.08. The number of rotatable bonds is 3. The molecule has 0 amide bonds. The van der Waals surface area contributed by atoms with Crippen molar-refractivity contribution in [2.45, 2.75) is 59.4 Å². The normalized spacial score (nSPS) is 36.8. The number of nitrogens with zero attached hydrogens (tertiary/aromatic N) is 1. The van der Waals surface area contributed by atoms with Gasteiger partial charge in [-0.05, 0) is 63.3 Å². The first-order valence-corrected chi connectivity index (χ1v) is 6.77. The van der Waals surface area contributed by atoms with Crippen LogP contribution in [0.25, 0.3) is 0 Å². The van der Waals surface area contributed by atoms with Crippen LogP contribution in [0.3, 0.4) is 0 Å². The summed E-state index contributed by atoms with van der Waals surface area (Å²) in [5.41, 5.74) is 0.757. The summed E-state index contributed by atoms with van der Waals surface area (Å²) >= 11 is 0. The van der Waals surface area contributed by atoms with Gasteiger partial charge in [-0.15, -0.1) is 0 Å². The Hall–Kier alpha value is -0.0400. The van der Waals surface area contributed by atoms with E-state index < -0.39 is 0 Å². The van der Waals surface area contributed by atoms with Gasteiger partial charge in [0.1, 0.15) is 0 Å². The smallest absolute Gasteiger partial charge is 0.00435 e. The number of likely N-dealkylation sites (tertiary alicyclic amines) is 1. The Morgan fingerprint density at radius 2 is 2.00 bits per heavy atom. The van der Waals surface area contributed by atoms with Crippen LogP contribution >= 0.6 is 0 Å². The van der Waals surface area contributed by atoms with Crippen LogP contribution in [0.4, 0.5) is 0 Å². The first kappa shape index (κ1) is 11.4. The van der Waals surface area contributed by atoms with Crippen molar-refractivity contribution in [1.29, 1.82) is 0 Å². The van der Waals surface area contributed by atoms with Gasteiger partial charge in [0.2, 0.25) is 0 Å². The monoisotopic (exact) mass is 209 g/mol. The van der Waals surface area contributed by atoms with Crippen LogP contribution in [0.15, 0.2) is 0 Å². The van der Waals surface area contributed by atoms with Gasteiger partial charge in [-0.2, -0.15) is 0 Å². The molecule has 1 aliphatic heterocycles. The zero-order valence-electron chi connectivity index (χ0n) is 10.9. The minimum atomic E-state index is 0.752. The zero-order chi connectivity index (χ0) is 11.1. The summed E-state index contributed by atoms with van der Waals surface area (Å²) in [4.78, 5) is 2.70.